The van der Waals surface area contributed by atoms with Crippen LogP contribution in [-0.2, 0) is 19.1 Å². The van der Waals surface area contributed by atoms with Gasteiger partial charge in [-0.05, 0) is 64.0 Å². The van der Waals surface area contributed by atoms with E-state index in [1.54, 1.807) is 0 Å². The van der Waals surface area contributed by atoms with Gasteiger partial charge in [0, 0.05) is 12.8 Å². The third-order valence-corrected chi connectivity index (χ3v) is 9.32. The van der Waals surface area contributed by atoms with Crippen molar-refractivity contribution in [3.8, 4) is 0 Å². The Hall–Kier alpha value is -1.89. The monoisotopic (exact) mass is 679 g/mol. The summed E-state index contributed by atoms with van der Waals surface area (Å²) >= 11 is 0. The molecule has 0 aromatic rings. The van der Waals surface area contributed by atoms with Crippen molar-refractivity contribution >= 4 is 17.8 Å². The molecule has 4 N–H and O–H groups in total. The van der Waals surface area contributed by atoms with Gasteiger partial charge < -0.3 is 20.9 Å². The number of esters is 1. The summed E-state index contributed by atoms with van der Waals surface area (Å²) in [7, 11) is 0. The number of nitrogens with two attached hydrogens (primary N) is 1. The van der Waals surface area contributed by atoms with Gasteiger partial charge >= 0.3 is 11.9 Å². The lowest BCUT2D eigenvalue weighted by molar-refractivity contribution is -0.147. The normalized spacial score (nSPS) is 12.7. The Bertz CT molecular complexity index is 772. The molecule has 0 heterocycles. The van der Waals surface area contributed by atoms with Gasteiger partial charge in [0.25, 0.3) is 0 Å². The summed E-state index contributed by atoms with van der Waals surface area (Å²) in [5, 5.41) is 11.9. The summed E-state index contributed by atoms with van der Waals surface area (Å²) in [5.74, 6) is -1.32. The molecule has 7 nitrogen and oxygen atoms in total. The highest BCUT2D eigenvalue weighted by Crippen LogP contribution is 2.16. The molecule has 282 valence electrons. The third kappa shape index (κ3) is 32.6. The number of carbonyl (C=O) groups excluding carboxylic acids is 2. The first-order chi connectivity index (χ1) is 23.4. The van der Waals surface area contributed by atoms with E-state index in [2.05, 4.69) is 31.3 Å². The van der Waals surface area contributed by atoms with E-state index in [9.17, 15) is 19.5 Å². The fourth-order valence-electron chi connectivity index (χ4n) is 6.18. The molecule has 2 unspecified atom stereocenters. The average molecular weight is 679 g/mol. The minimum atomic E-state index is -1.01. The number of unbranched alkanes of at least 4 members (excludes halogenated alkanes) is 23. The van der Waals surface area contributed by atoms with Gasteiger partial charge in [-0.15, -0.1) is 0 Å². The maximum atomic E-state index is 12.7. The smallest absolute Gasteiger partial charge is 0.326 e. The molecule has 0 radical (unpaired) electrons. The summed E-state index contributed by atoms with van der Waals surface area (Å²) in [6.07, 6.45) is 38.4. The van der Waals surface area contributed by atoms with Crippen molar-refractivity contribution in [3.05, 3.63) is 12.2 Å². The van der Waals surface area contributed by atoms with Crippen LogP contribution in [0.3, 0.4) is 0 Å². The highest BCUT2D eigenvalue weighted by Gasteiger charge is 2.19. The second-order valence-electron chi connectivity index (χ2n) is 14.1. The molecular weight excluding hydrogens is 600 g/mol. The Morgan fingerprint density at radius 2 is 1.06 bits per heavy atom. The first-order valence-corrected chi connectivity index (χ1v) is 20.5. The zero-order valence-corrected chi connectivity index (χ0v) is 31.6. The lowest BCUT2D eigenvalue weighted by Gasteiger charge is -2.15. The predicted molar refractivity (Wildman–Crippen MR) is 202 cm³/mol. The molecule has 0 aromatic heterocycles. The van der Waals surface area contributed by atoms with E-state index in [4.69, 9.17) is 10.5 Å². The number of carboxylic acid groups (broad SMARTS) is 1. The minimum Gasteiger partial charge on any atom is -0.480 e. The maximum absolute atomic E-state index is 12.7. The number of hydrogen-bond acceptors (Lipinski definition) is 5. The number of rotatable bonds is 37. The number of ether oxygens (including phenoxy) is 1. The average Bonchev–Trinajstić information content (AvgIpc) is 3.07. The second-order valence-corrected chi connectivity index (χ2v) is 14.1. The molecular formula is C41H78N2O5. The van der Waals surface area contributed by atoms with Crippen molar-refractivity contribution in [1.29, 1.82) is 0 Å². The molecule has 1 amide bonds. The van der Waals surface area contributed by atoms with E-state index in [1.807, 2.05) is 0 Å². The van der Waals surface area contributed by atoms with Gasteiger partial charge in [-0.1, -0.05) is 155 Å². The SMILES string of the molecule is CCCCCCCCC/C=C\C(CCCCCCC(=O)NC(CCCN)C(=O)O)OC(=O)CCCCCCCCCCCCCCCC. The van der Waals surface area contributed by atoms with Crippen LogP contribution in [0.15, 0.2) is 12.2 Å². The molecule has 7 heteroatoms. The van der Waals surface area contributed by atoms with Gasteiger partial charge in [0.15, 0.2) is 0 Å². The van der Waals surface area contributed by atoms with Crippen LogP contribution in [0.1, 0.15) is 213 Å². The quantitative estimate of drug-likeness (QED) is 0.0342. The van der Waals surface area contributed by atoms with Crippen molar-refractivity contribution in [2.75, 3.05) is 6.54 Å². The van der Waals surface area contributed by atoms with Gasteiger partial charge in [0.1, 0.15) is 12.1 Å². The Balaban J connectivity index is 4.30. The van der Waals surface area contributed by atoms with Crippen LogP contribution in [0.4, 0.5) is 0 Å². The Kier molecular flexibility index (Phi) is 35.0. The van der Waals surface area contributed by atoms with Crippen LogP contribution in [0.25, 0.3) is 0 Å². The molecule has 0 saturated carbocycles. The van der Waals surface area contributed by atoms with Gasteiger partial charge in [0.2, 0.25) is 5.91 Å². The largest absolute Gasteiger partial charge is 0.480 e. The standard InChI is InChI=1S/C41H78N2O5/c1-3-5-7-9-11-13-14-15-16-17-19-21-23-29-35-40(45)48-37(31-26-22-20-18-12-10-8-6-4-2)32-27-24-25-28-34-39(44)43-38(41(46)47)33-30-36-42/h26,31,37-38H,3-25,27-30,32-36,42H2,1-2H3,(H,43,44)(H,46,47)/b31-26-. The number of amides is 1. The fourth-order valence-corrected chi connectivity index (χ4v) is 6.18. The molecule has 0 aliphatic carbocycles. The van der Waals surface area contributed by atoms with E-state index in [0.717, 1.165) is 44.9 Å². The summed E-state index contributed by atoms with van der Waals surface area (Å²) in [6, 6.07) is -0.867. The lowest BCUT2D eigenvalue weighted by Crippen LogP contribution is -2.40. The Morgan fingerprint density at radius 3 is 1.56 bits per heavy atom. The third-order valence-electron chi connectivity index (χ3n) is 9.32. The second kappa shape index (κ2) is 36.4. The Morgan fingerprint density at radius 1 is 0.604 bits per heavy atom. The minimum absolute atomic E-state index is 0.0844. The van der Waals surface area contributed by atoms with Crippen molar-refractivity contribution in [2.24, 2.45) is 5.73 Å². The van der Waals surface area contributed by atoms with Crippen LogP contribution in [0.2, 0.25) is 0 Å². The molecule has 48 heavy (non-hydrogen) atoms. The highest BCUT2D eigenvalue weighted by molar-refractivity contribution is 5.83. The Labute approximate surface area is 296 Å². The van der Waals surface area contributed by atoms with Crippen LogP contribution in [0.5, 0.6) is 0 Å². The van der Waals surface area contributed by atoms with Crippen molar-refractivity contribution in [2.45, 2.75) is 225 Å². The van der Waals surface area contributed by atoms with Crippen molar-refractivity contribution in [1.82, 2.24) is 5.32 Å². The van der Waals surface area contributed by atoms with E-state index in [-0.39, 0.29) is 18.0 Å². The first kappa shape index (κ1) is 46.1. The highest BCUT2D eigenvalue weighted by atomic mass is 16.5. The molecule has 0 rings (SSSR count). The predicted octanol–water partition coefficient (Wildman–Crippen LogP) is 11.1. The van der Waals surface area contributed by atoms with E-state index >= 15 is 0 Å². The fraction of sp³-hybridized carbons (Fsp3) is 0.878. The molecule has 0 aliphatic heterocycles. The van der Waals surface area contributed by atoms with Crippen LogP contribution >= 0.6 is 0 Å². The zero-order valence-electron chi connectivity index (χ0n) is 31.6. The molecule has 2 atom stereocenters. The van der Waals surface area contributed by atoms with Crippen molar-refractivity contribution < 1.29 is 24.2 Å². The van der Waals surface area contributed by atoms with Gasteiger partial charge in [0.05, 0.1) is 0 Å². The number of aliphatic carboxylic acids is 1. The molecule has 0 spiro atoms. The van der Waals surface area contributed by atoms with Gasteiger partial charge in [-0.25, -0.2) is 4.79 Å². The van der Waals surface area contributed by atoms with Crippen molar-refractivity contribution in [3.63, 3.8) is 0 Å². The molecule has 0 bridgehead atoms. The number of carboxylic acids is 1. The summed E-state index contributed by atoms with van der Waals surface area (Å²) in [5.41, 5.74) is 5.48. The molecule has 0 saturated heterocycles. The van der Waals surface area contributed by atoms with Crippen LogP contribution in [-0.4, -0.2) is 41.6 Å². The molecule has 0 fully saturated rings. The number of allylic oxidation sites excluding steroid dienone is 1. The molecule has 0 aliphatic rings. The number of nitrogens with one attached hydrogen (secondary N) is 1. The lowest BCUT2D eigenvalue weighted by atomic mass is 10.0. The summed E-state index contributed by atoms with van der Waals surface area (Å²) in [6.45, 7) is 4.93. The van der Waals surface area contributed by atoms with Crippen LogP contribution in [0, 0.1) is 0 Å². The summed E-state index contributed by atoms with van der Waals surface area (Å²) < 4.78 is 5.92. The zero-order chi connectivity index (χ0) is 35.3. The summed E-state index contributed by atoms with van der Waals surface area (Å²) in [4.78, 5) is 36.3. The van der Waals surface area contributed by atoms with Gasteiger partial charge in [-0.3, -0.25) is 9.59 Å². The number of carbonyl (C=O) groups is 3. The first-order valence-electron chi connectivity index (χ1n) is 20.5. The van der Waals surface area contributed by atoms with E-state index in [1.165, 1.54) is 122 Å². The number of hydrogen-bond donors (Lipinski definition) is 3. The molecule has 0 aromatic carbocycles. The van der Waals surface area contributed by atoms with Gasteiger partial charge in [-0.2, -0.15) is 0 Å². The maximum Gasteiger partial charge on any atom is 0.326 e. The topological polar surface area (TPSA) is 119 Å². The van der Waals surface area contributed by atoms with E-state index < -0.39 is 12.0 Å². The van der Waals surface area contributed by atoms with E-state index in [0.29, 0.717) is 38.6 Å². The van der Waals surface area contributed by atoms with Crippen LogP contribution < -0.4 is 11.1 Å².